The first-order chi connectivity index (χ1) is 7.61. The molecule has 2 nitrogen and oxygen atoms in total. The smallest absolute Gasteiger partial charge is 0.167 e. The maximum Gasteiger partial charge on any atom is 0.167 e. The Morgan fingerprint density at radius 3 is 2.69 bits per heavy atom. The van der Waals surface area contributed by atoms with Crippen molar-refractivity contribution in [1.82, 2.24) is 5.32 Å². The third kappa shape index (κ3) is 2.10. The number of nitrogens with one attached hydrogen (secondary N) is 1. The third-order valence-electron chi connectivity index (χ3n) is 3.15. The van der Waals surface area contributed by atoms with Crippen molar-refractivity contribution in [3.63, 3.8) is 0 Å². The summed E-state index contributed by atoms with van der Waals surface area (Å²) >= 11 is 11.9. The summed E-state index contributed by atoms with van der Waals surface area (Å²) in [4.78, 5) is 12.2. The number of benzene rings is 1. The number of hydrogen-bond acceptors (Lipinski definition) is 2. The van der Waals surface area contributed by atoms with E-state index in [1.165, 1.54) is 0 Å². The standard InChI is InChI=1S/C12H13Cl2NO/c1-7(8-5-15-6-8)12(16)9-3-2-4-10(13)11(9)14/h2-4,7-8,15H,5-6H2,1H3. The Labute approximate surface area is 105 Å². The molecule has 0 aliphatic carbocycles. The fourth-order valence-electron chi connectivity index (χ4n) is 1.82. The summed E-state index contributed by atoms with van der Waals surface area (Å²) in [5, 5.41) is 3.97. The van der Waals surface area contributed by atoms with Crippen LogP contribution >= 0.6 is 23.2 Å². The lowest BCUT2D eigenvalue weighted by Gasteiger charge is -2.31. The van der Waals surface area contributed by atoms with Crippen molar-refractivity contribution in [1.29, 1.82) is 0 Å². The Balaban J connectivity index is 2.22. The molecule has 1 aliphatic heterocycles. The Kier molecular flexibility index (Phi) is 3.53. The summed E-state index contributed by atoms with van der Waals surface area (Å²) < 4.78 is 0. The van der Waals surface area contributed by atoms with E-state index in [9.17, 15) is 4.79 Å². The third-order valence-corrected chi connectivity index (χ3v) is 3.97. The van der Waals surface area contributed by atoms with Gasteiger partial charge in [0.25, 0.3) is 0 Å². The fourth-order valence-corrected chi connectivity index (χ4v) is 2.21. The zero-order valence-electron chi connectivity index (χ0n) is 8.97. The molecule has 0 aromatic heterocycles. The highest BCUT2D eigenvalue weighted by Gasteiger charge is 2.30. The van der Waals surface area contributed by atoms with Gasteiger partial charge in [-0.1, -0.05) is 36.2 Å². The molecule has 0 bridgehead atoms. The minimum absolute atomic E-state index is 0.00258. The Morgan fingerprint density at radius 1 is 1.44 bits per heavy atom. The first kappa shape index (κ1) is 11.9. The van der Waals surface area contributed by atoms with Crippen LogP contribution in [0.25, 0.3) is 0 Å². The lowest BCUT2D eigenvalue weighted by Crippen LogP contribution is -2.47. The van der Waals surface area contributed by atoms with Gasteiger partial charge in [0.2, 0.25) is 0 Å². The molecule has 0 saturated carbocycles. The van der Waals surface area contributed by atoms with Crippen LogP contribution in [0.15, 0.2) is 18.2 Å². The van der Waals surface area contributed by atoms with Crippen LogP contribution in [0, 0.1) is 11.8 Å². The molecule has 1 fully saturated rings. The maximum atomic E-state index is 12.2. The van der Waals surface area contributed by atoms with Gasteiger partial charge in [-0.05, 0) is 31.1 Å². The Bertz CT molecular complexity index is 415. The van der Waals surface area contributed by atoms with Crippen molar-refractivity contribution in [3.8, 4) is 0 Å². The van der Waals surface area contributed by atoms with E-state index in [1.807, 2.05) is 6.92 Å². The summed E-state index contributed by atoms with van der Waals surface area (Å²) in [6, 6.07) is 5.18. The quantitative estimate of drug-likeness (QED) is 0.844. The lowest BCUT2D eigenvalue weighted by molar-refractivity contribution is 0.0854. The summed E-state index contributed by atoms with van der Waals surface area (Å²) in [6.45, 7) is 3.77. The van der Waals surface area contributed by atoms with Crippen LogP contribution in [0.5, 0.6) is 0 Å². The lowest BCUT2D eigenvalue weighted by atomic mass is 9.83. The molecule has 0 amide bonds. The predicted molar refractivity (Wildman–Crippen MR) is 66.3 cm³/mol. The molecule has 1 atom stereocenters. The van der Waals surface area contributed by atoms with Crippen LogP contribution in [0.1, 0.15) is 17.3 Å². The number of hydrogen-bond donors (Lipinski definition) is 1. The van der Waals surface area contributed by atoms with E-state index < -0.39 is 0 Å². The van der Waals surface area contributed by atoms with Crippen LogP contribution in [-0.4, -0.2) is 18.9 Å². The molecule has 1 N–H and O–H groups in total. The molecule has 86 valence electrons. The van der Waals surface area contributed by atoms with Gasteiger partial charge >= 0.3 is 0 Å². The molecule has 1 saturated heterocycles. The highest BCUT2D eigenvalue weighted by Crippen LogP contribution is 2.29. The van der Waals surface area contributed by atoms with Gasteiger partial charge in [-0.3, -0.25) is 4.79 Å². The molecule has 1 aliphatic rings. The zero-order valence-corrected chi connectivity index (χ0v) is 10.5. The molecule has 0 spiro atoms. The normalized spacial score (nSPS) is 17.9. The SMILES string of the molecule is CC(C(=O)c1cccc(Cl)c1Cl)C1CNC1. The van der Waals surface area contributed by atoms with Gasteiger partial charge in [0.15, 0.2) is 5.78 Å². The minimum Gasteiger partial charge on any atom is -0.316 e. The predicted octanol–water partition coefficient (Wildman–Crippen LogP) is 3.03. The summed E-state index contributed by atoms with van der Waals surface area (Å²) in [6.07, 6.45) is 0. The molecular formula is C12H13Cl2NO. The number of carbonyl (C=O) groups is 1. The van der Waals surface area contributed by atoms with Crippen LogP contribution in [0.2, 0.25) is 10.0 Å². The second-order valence-corrected chi connectivity index (χ2v) is 4.96. The largest absolute Gasteiger partial charge is 0.316 e. The van der Waals surface area contributed by atoms with Crippen molar-refractivity contribution in [2.24, 2.45) is 11.8 Å². The van der Waals surface area contributed by atoms with Gasteiger partial charge in [-0.15, -0.1) is 0 Å². The summed E-state index contributed by atoms with van der Waals surface area (Å²) in [7, 11) is 0. The zero-order chi connectivity index (χ0) is 11.7. The van der Waals surface area contributed by atoms with E-state index in [4.69, 9.17) is 23.2 Å². The number of Topliss-reactive ketones (excluding diaryl/α,β-unsaturated/α-hetero) is 1. The van der Waals surface area contributed by atoms with E-state index in [0.29, 0.717) is 21.5 Å². The Hall–Kier alpha value is -0.570. The molecular weight excluding hydrogens is 245 g/mol. The number of rotatable bonds is 3. The molecule has 1 unspecified atom stereocenters. The van der Waals surface area contributed by atoms with Gasteiger partial charge in [0, 0.05) is 11.5 Å². The van der Waals surface area contributed by atoms with E-state index >= 15 is 0 Å². The van der Waals surface area contributed by atoms with Crippen molar-refractivity contribution < 1.29 is 4.79 Å². The molecule has 1 heterocycles. The molecule has 2 rings (SSSR count). The summed E-state index contributed by atoms with van der Waals surface area (Å²) in [5.74, 6) is 0.499. The van der Waals surface area contributed by atoms with Crippen molar-refractivity contribution in [3.05, 3.63) is 33.8 Å². The first-order valence-corrected chi connectivity index (χ1v) is 6.05. The fraction of sp³-hybridized carbons (Fsp3) is 0.417. The van der Waals surface area contributed by atoms with E-state index in [1.54, 1.807) is 18.2 Å². The first-order valence-electron chi connectivity index (χ1n) is 5.30. The molecule has 0 radical (unpaired) electrons. The van der Waals surface area contributed by atoms with Crippen LogP contribution in [0.3, 0.4) is 0 Å². The van der Waals surface area contributed by atoms with Gasteiger partial charge in [-0.2, -0.15) is 0 Å². The van der Waals surface area contributed by atoms with Crippen LogP contribution in [0.4, 0.5) is 0 Å². The Morgan fingerprint density at radius 2 is 2.12 bits per heavy atom. The highest BCUT2D eigenvalue weighted by molar-refractivity contribution is 6.43. The van der Waals surface area contributed by atoms with Gasteiger partial charge in [0.1, 0.15) is 0 Å². The molecule has 1 aromatic rings. The van der Waals surface area contributed by atoms with E-state index in [2.05, 4.69) is 5.32 Å². The monoisotopic (exact) mass is 257 g/mol. The van der Waals surface area contributed by atoms with Crippen LogP contribution < -0.4 is 5.32 Å². The minimum atomic E-state index is -0.00258. The molecule has 4 heteroatoms. The number of halogens is 2. The molecule has 16 heavy (non-hydrogen) atoms. The van der Waals surface area contributed by atoms with E-state index in [0.717, 1.165) is 13.1 Å². The van der Waals surface area contributed by atoms with E-state index in [-0.39, 0.29) is 11.7 Å². The average Bonchev–Trinajstić information content (AvgIpc) is 2.18. The van der Waals surface area contributed by atoms with Gasteiger partial charge in [-0.25, -0.2) is 0 Å². The van der Waals surface area contributed by atoms with Crippen molar-refractivity contribution in [2.45, 2.75) is 6.92 Å². The topological polar surface area (TPSA) is 29.1 Å². The van der Waals surface area contributed by atoms with Crippen LogP contribution in [-0.2, 0) is 0 Å². The van der Waals surface area contributed by atoms with Crippen molar-refractivity contribution in [2.75, 3.05) is 13.1 Å². The summed E-state index contributed by atoms with van der Waals surface area (Å²) in [5.41, 5.74) is 0.536. The second-order valence-electron chi connectivity index (χ2n) is 4.17. The number of carbonyl (C=O) groups excluding carboxylic acids is 1. The van der Waals surface area contributed by atoms with Gasteiger partial charge in [0.05, 0.1) is 10.0 Å². The number of ketones is 1. The maximum absolute atomic E-state index is 12.2. The highest BCUT2D eigenvalue weighted by atomic mass is 35.5. The average molecular weight is 258 g/mol. The van der Waals surface area contributed by atoms with Gasteiger partial charge < -0.3 is 5.32 Å². The molecule has 1 aromatic carbocycles. The second kappa shape index (κ2) is 4.74. The van der Waals surface area contributed by atoms with Crippen molar-refractivity contribution >= 4 is 29.0 Å².